The van der Waals surface area contributed by atoms with Crippen molar-refractivity contribution in [2.24, 2.45) is 5.92 Å². The van der Waals surface area contributed by atoms with E-state index in [0.717, 1.165) is 24.8 Å². The molecule has 6 heteroatoms. The average molecular weight is 338 g/mol. The number of benzene rings is 1. The van der Waals surface area contributed by atoms with Crippen molar-refractivity contribution in [3.63, 3.8) is 0 Å². The van der Waals surface area contributed by atoms with E-state index in [1.165, 1.54) is 0 Å². The van der Waals surface area contributed by atoms with Crippen molar-refractivity contribution in [3.05, 3.63) is 53.9 Å². The predicted octanol–water partition coefficient (Wildman–Crippen LogP) is 1.67. The first-order valence-corrected chi connectivity index (χ1v) is 8.85. The molecule has 130 valence electrons. The third-order valence-corrected chi connectivity index (χ3v) is 5.07. The van der Waals surface area contributed by atoms with Crippen molar-refractivity contribution in [1.82, 2.24) is 20.0 Å². The van der Waals surface area contributed by atoms with Crippen LogP contribution < -0.4 is 5.32 Å². The second-order valence-electron chi connectivity index (χ2n) is 6.95. The zero-order chi connectivity index (χ0) is 17.2. The molecule has 2 aromatic rings. The van der Waals surface area contributed by atoms with Crippen LogP contribution in [0.15, 0.2) is 42.7 Å². The van der Waals surface area contributed by atoms with E-state index in [-0.39, 0.29) is 23.8 Å². The van der Waals surface area contributed by atoms with Gasteiger partial charge in [-0.15, -0.1) is 0 Å². The highest BCUT2D eigenvalue weighted by atomic mass is 16.2. The van der Waals surface area contributed by atoms with Crippen LogP contribution in [0.1, 0.15) is 35.2 Å². The number of carbonyl (C=O) groups is 2. The Kier molecular flexibility index (Phi) is 4.26. The van der Waals surface area contributed by atoms with Crippen LogP contribution >= 0.6 is 0 Å². The van der Waals surface area contributed by atoms with Crippen LogP contribution in [-0.4, -0.2) is 45.6 Å². The number of nitrogens with one attached hydrogen (secondary N) is 1. The van der Waals surface area contributed by atoms with E-state index in [2.05, 4.69) is 10.4 Å². The van der Waals surface area contributed by atoms with Gasteiger partial charge in [0.25, 0.3) is 5.91 Å². The highest BCUT2D eigenvalue weighted by Gasteiger charge is 2.34. The minimum Gasteiger partial charge on any atom is -0.351 e. The van der Waals surface area contributed by atoms with E-state index in [1.54, 1.807) is 6.20 Å². The number of hydrogen-bond donors (Lipinski definition) is 1. The van der Waals surface area contributed by atoms with Gasteiger partial charge in [-0.3, -0.25) is 14.3 Å². The second-order valence-corrected chi connectivity index (χ2v) is 6.95. The number of nitrogens with zero attached hydrogens (tertiary/aromatic N) is 3. The van der Waals surface area contributed by atoms with Crippen LogP contribution in [0.5, 0.6) is 0 Å². The molecule has 3 heterocycles. The first-order chi connectivity index (χ1) is 12.2. The molecule has 0 aliphatic carbocycles. The fourth-order valence-electron chi connectivity index (χ4n) is 3.78. The molecule has 2 fully saturated rings. The molecule has 4 rings (SSSR count). The van der Waals surface area contributed by atoms with Gasteiger partial charge in [-0.25, -0.2) is 0 Å². The average Bonchev–Trinajstić information content (AvgIpc) is 2.97. The van der Waals surface area contributed by atoms with Crippen molar-refractivity contribution in [2.75, 3.05) is 13.1 Å². The van der Waals surface area contributed by atoms with Gasteiger partial charge in [-0.2, -0.15) is 5.10 Å². The molecule has 2 bridgehead atoms. The van der Waals surface area contributed by atoms with Crippen molar-refractivity contribution in [1.29, 1.82) is 0 Å². The molecule has 2 atom stereocenters. The predicted molar refractivity (Wildman–Crippen MR) is 92.9 cm³/mol. The molecular formula is C19H22N4O2. The molecule has 2 aliphatic heterocycles. The molecule has 0 radical (unpaired) electrons. The van der Waals surface area contributed by atoms with Gasteiger partial charge < -0.3 is 10.2 Å². The molecule has 2 amide bonds. The van der Waals surface area contributed by atoms with Gasteiger partial charge >= 0.3 is 0 Å². The topological polar surface area (TPSA) is 67.2 Å². The summed E-state index contributed by atoms with van der Waals surface area (Å²) in [5.74, 6) is 0.0321. The molecule has 0 spiro atoms. The van der Waals surface area contributed by atoms with Crippen LogP contribution in [0.25, 0.3) is 0 Å². The molecule has 2 aliphatic rings. The Labute approximate surface area is 146 Å². The van der Waals surface area contributed by atoms with Crippen molar-refractivity contribution >= 4 is 11.8 Å². The normalized spacial score (nSPS) is 23.0. The SMILES string of the molecule is O=C1N[C@H]2CCC[C@H]1CN(C(=O)c1cccc(Cn3cccn3)c1)C2. The number of aromatic nitrogens is 2. The number of carbonyl (C=O) groups excluding carboxylic acids is 2. The molecule has 2 saturated heterocycles. The maximum atomic E-state index is 13.0. The maximum absolute atomic E-state index is 13.0. The lowest BCUT2D eigenvalue weighted by molar-refractivity contribution is -0.124. The van der Waals surface area contributed by atoms with Gasteiger partial charge in [0.05, 0.1) is 12.5 Å². The Morgan fingerprint density at radius 2 is 2.16 bits per heavy atom. The van der Waals surface area contributed by atoms with Crippen molar-refractivity contribution < 1.29 is 9.59 Å². The van der Waals surface area contributed by atoms with Crippen LogP contribution in [0.3, 0.4) is 0 Å². The second kappa shape index (κ2) is 6.70. The Morgan fingerprint density at radius 1 is 1.24 bits per heavy atom. The minimum atomic E-state index is -0.0799. The van der Waals surface area contributed by atoms with E-state index in [1.807, 2.05) is 46.1 Å². The van der Waals surface area contributed by atoms with Crippen LogP contribution in [0.4, 0.5) is 0 Å². The van der Waals surface area contributed by atoms with Gasteiger partial charge in [-0.1, -0.05) is 18.6 Å². The number of fused-ring (bicyclic) bond motifs is 3. The van der Waals surface area contributed by atoms with Crippen LogP contribution in [0.2, 0.25) is 0 Å². The smallest absolute Gasteiger partial charge is 0.253 e. The van der Waals surface area contributed by atoms with Gasteiger partial charge in [0.15, 0.2) is 0 Å². The highest BCUT2D eigenvalue weighted by Crippen LogP contribution is 2.23. The third kappa shape index (κ3) is 3.43. The lowest BCUT2D eigenvalue weighted by atomic mass is 9.98. The largest absolute Gasteiger partial charge is 0.351 e. The first kappa shape index (κ1) is 15.9. The van der Waals surface area contributed by atoms with Gasteiger partial charge in [0, 0.05) is 37.1 Å². The number of rotatable bonds is 3. The summed E-state index contributed by atoms with van der Waals surface area (Å²) in [6.45, 7) is 1.76. The molecule has 0 saturated carbocycles. The fourth-order valence-corrected chi connectivity index (χ4v) is 3.78. The van der Waals surface area contributed by atoms with E-state index >= 15 is 0 Å². The summed E-state index contributed by atoms with van der Waals surface area (Å²) < 4.78 is 1.84. The Bertz CT molecular complexity index is 771. The van der Waals surface area contributed by atoms with E-state index < -0.39 is 0 Å². The molecular weight excluding hydrogens is 316 g/mol. The summed E-state index contributed by atoms with van der Waals surface area (Å²) >= 11 is 0. The summed E-state index contributed by atoms with van der Waals surface area (Å²) in [5.41, 5.74) is 1.72. The third-order valence-electron chi connectivity index (χ3n) is 5.07. The monoisotopic (exact) mass is 338 g/mol. The summed E-state index contributed by atoms with van der Waals surface area (Å²) in [5, 5.41) is 7.28. The Balaban J connectivity index is 1.53. The standard InChI is InChI=1S/C19H22N4O2/c24-18-16-6-2-7-17(21-18)13-22(12-16)19(25)15-5-1-4-14(10-15)11-23-9-3-8-20-23/h1,3-5,8-10,16-17H,2,6-7,11-13H2,(H,21,24)/t16-,17-/m0/s1. The fraction of sp³-hybridized carbons (Fsp3) is 0.421. The molecule has 25 heavy (non-hydrogen) atoms. The maximum Gasteiger partial charge on any atom is 0.253 e. The Morgan fingerprint density at radius 3 is 3.00 bits per heavy atom. The summed E-state index contributed by atoms with van der Waals surface area (Å²) in [6.07, 6.45) is 6.52. The number of hydrogen-bond acceptors (Lipinski definition) is 3. The summed E-state index contributed by atoms with van der Waals surface area (Å²) in [6, 6.07) is 9.66. The highest BCUT2D eigenvalue weighted by molar-refractivity contribution is 5.95. The molecule has 0 unspecified atom stereocenters. The Hall–Kier alpha value is -2.63. The van der Waals surface area contributed by atoms with E-state index in [9.17, 15) is 9.59 Å². The molecule has 6 nitrogen and oxygen atoms in total. The van der Waals surface area contributed by atoms with Gasteiger partial charge in [0.2, 0.25) is 5.91 Å². The molecule has 1 aromatic heterocycles. The summed E-state index contributed by atoms with van der Waals surface area (Å²) in [4.78, 5) is 27.0. The lowest BCUT2D eigenvalue weighted by Gasteiger charge is -2.27. The van der Waals surface area contributed by atoms with Gasteiger partial charge in [-0.05, 0) is 36.6 Å². The van der Waals surface area contributed by atoms with Crippen molar-refractivity contribution in [3.8, 4) is 0 Å². The quantitative estimate of drug-likeness (QED) is 0.926. The van der Waals surface area contributed by atoms with E-state index in [0.29, 0.717) is 25.2 Å². The lowest BCUT2D eigenvalue weighted by Crippen LogP contribution is -2.41. The van der Waals surface area contributed by atoms with E-state index in [4.69, 9.17) is 0 Å². The number of likely N-dealkylation sites (tertiary alicyclic amines) is 1. The van der Waals surface area contributed by atoms with Gasteiger partial charge in [0.1, 0.15) is 0 Å². The molecule has 1 aromatic carbocycles. The zero-order valence-corrected chi connectivity index (χ0v) is 14.1. The van der Waals surface area contributed by atoms with Crippen molar-refractivity contribution in [2.45, 2.75) is 31.8 Å². The van der Waals surface area contributed by atoms with Crippen LogP contribution in [0, 0.1) is 5.92 Å². The summed E-state index contributed by atoms with van der Waals surface area (Å²) in [7, 11) is 0. The zero-order valence-electron chi connectivity index (χ0n) is 14.1. The van der Waals surface area contributed by atoms with Crippen LogP contribution in [-0.2, 0) is 11.3 Å². The minimum absolute atomic E-state index is 0.00992. The first-order valence-electron chi connectivity index (χ1n) is 8.85. The molecule has 1 N–H and O–H groups in total. The number of amides is 2.